The van der Waals surface area contributed by atoms with E-state index in [2.05, 4.69) is 47.1 Å². The summed E-state index contributed by atoms with van der Waals surface area (Å²) < 4.78 is 0. The maximum absolute atomic E-state index is 5.97. The molecule has 2 N–H and O–H groups in total. The second kappa shape index (κ2) is 5.25. The van der Waals surface area contributed by atoms with Gasteiger partial charge >= 0.3 is 0 Å². The van der Waals surface area contributed by atoms with E-state index in [0.717, 1.165) is 24.3 Å². The Morgan fingerprint density at radius 3 is 2.85 bits per heavy atom. The second-order valence-electron chi connectivity index (χ2n) is 5.57. The van der Waals surface area contributed by atoms with Crippen LogP contribution in [-0.2, 0) is 6.42 Å². The molecule has 1 aromatic carbocycles. The molecule has 0 aliphatic carbocycles. The van der Waals surface area contributed by atoms with Crippen LogP contribution in [0.5, 0.6) is 0 Å². The monoisotopic (exact) mass is 267 g/mol. The number of aryl methyl sites for hydroxylation is 2. The number of anilines is 2. The number of pyridine rings is 1. The van der Waals surface area contributed by atoms with Crippen LogP contribution in [0.1, 0.15) is 36.1 Å². The van der Waals surface area contributed by atoms with Crippen LogP contribution in [0.3, 0.4) is 0 Å². The van der Waals surface area contributed by atoms with Crippen LogP contribution in [0.4, 0.5) is 11.5 Å². The zero-order valence-corrected chi connectivity index (χ0v) is 12.1. The van der Waals surface area contributed by atoms with Crippen molar-refractivity contribution in [1.29, 1.82) is 0 Å². The number of aromatic nitrogens is 1. The topological polar surface area (TPSA) is 42.2 Å². The molecule has 1 aliphatic heterocycles. The predicted octanol–water partition coefficient (Wildman–Crippen LogP) is 3.49. The number of hydrogen-bond acceptors (Lipinski definition) is 3. The quantitative estimate of drug-likeness (QED) is 0.905. The van der Waals surface area contributed by atoms with Crippen LogP contribution in [0.15, 0.2) is 36.5 Å². The third-order valence-corrected chi connectivity index (χ3v) is 4.01. The van der Waals surface area contributed by atoms with Gasteiger partial charge in [-0.15, -0.1) is 0 Å². The predicted molar refractivity (Wildman–Crippen MR) is 83.3 cm³/mol. The average molecular weight is 267 g/mol. The van der Waals surface area contributed by atoms with Gasteiger partial charge < -0.3 is 10.6 Å². The molecule has 1 atom stereocenters. The third-order valence-electron chi connectivity index (χ3n) is 4.01. The minimum absolute atomic E-state index is 0.0326. The standard InChI is InChI=1S/C17H21N3/c1-12-10-17(19-11-15(12)13(2)18)20-9-5-7-14-6-3-4-8-16(14)20/h3-4,6,8,10-11,13H,5,7,9,18H2,1-2H3. The van der Waals surface area contributed by atoms with E-state index in [-0.39, 0.29) is 6.04 Å². The SMILES string of the molecule is Cc1cc(N2CCCc3ccccc32)ncc1C(C)N. The molecule has 2 heterocycles. The summed E-state index contributed by atoms with van der Waals surface area (Å²) in [5.74, 6) is 1.03. The lowest BCUT2D eigenvalue weighted by Crippen LogP contribution is -2.25. The van der Waals surface area contributed by atoms with Gasteiger partial charge in [0.1, 0.15) is 5.82 Å². The van der Waals surface area contributed by atoms with E-state index in [1.807, 2.05) is 13.1 Å². The Morgan fingerprint density at radius 1 is 1.30 bits per heavy atom. The van der Waals surface area contributed by atoms with Crippen LogP contribution in [0.25, 0.3) is 0 Å². The molecule has 0 spiro atoms. The second-order valence-corrected chi connectivity index (χ2v) is 5.57. The van der Waals surface area contributed by atoms with E-state index >= 15 is 0 Å². The number of benzene rings is 1. The minimum atomic E-state index is 0.0326. The molecule has 1 aliphatic rings. The number of hydrogen-bond donors (Lipinski definition) is 1. The Labute approximate surface area is 120 Å². The molecule has 0 amide bonds. The van der Waals surface area contributed by atoms with Crippen LogP contribution in [0, 0.1) is 6.92 Å². The van der Waals surface area contributed by atoms with Gasteiger partial charge in [0, 0.05) is 24.5 Å². The lowest BCUT2D eigenvalue weighted by molar-refractivity contribution is 0.755. The summed E-state index contributed by atoms with van der Waals surface area (Å²) in [5.41, 5.74) is 11.0. The number of nitrogens with two attached hydrogens (primary N) is 1. The molecule has 104 valence electrons. The minimum Gasteiger partial charge on any atom is -0.326 e. The maximum atomic E-state index is 5.97. The number of nitrogens with zero attached hydrogens (tertiary/aromatic N) is 2. The van der Waals surface area contributed by atoms with Crippen LogP contribution in [0.2, 0.25) is 0 Å². The van der Waals surface area contributed by atoms with Gasteiger partial charge in [0.15, 0.2) is 0 Å². The van der Waals surface area contributed by atoms with Gasteiger partial charge in [-0.3, -0.25) is 0 Å². The molecule has 3 heteroatoms. The first-order valence-corrected chi connectivity index (χ1v) is 7.24. The van der Waals surface area contributed by atoms with Gasteiger partial charge in [0.2, 0.25) is 0 Å². The highest BCUT2D eigenvalue weighted by molar-refractivity contribution is 5.65. The summed E-state index contributed by atoms with van der Waals surface area (Å²) in [6, 6.07) is 10.8. The fourth-order valence-corrected chi connectivity index (χ4v) is 2.95. The first-order chi connectivity index (χ1) is 9.66. The van der Waals surface area contributed by atoms with Crippen molar-refractivity contribution in [3.8, 4) is 0 Å². The van der Waals surface area contributed by atoms with Gasteiger partial charge in [-0.05, 0) is 55.5 Å². The van der Waals surface area contributed by atoms with Crippen LogP contribution < -0.4 is 10.6 Å². The van der Waals surface area contributed by atoms with E-state index in [9.17, 15) is 0 Å². The number of para-hydroxylation sites is 1. The Balaban J connectivity index is 2.00. The molecule has 3 nitrogen and oxygen atoms in total. The number of fused-ring (bicyclic) bond motifs is 1. The Bertz CT molecular complexity index is 619. The fourth-order valence-electron chi connectivity index (χ4n) is 2.95. The molecule has 0 bridgehead atoms. The molecule has 3 rings (SSSR count). The largest absolute Gasteiger partial charge is 0.326 e. The Kier molecular flexibility index (Phi) is 3.45. The Hall–Kier alpha value is -1.87. The summed E-state index contributed by atoms with van der Waals surface area (Å²) in [6.07, 6.45) is 4.25. The lowest BCUT2D eigenvalue weighted by atomic mass is 10.0. The smallest absolute Gasteiger partial charge is 0.133 e. The summed E-state index contributed by atoms with van der Waals surface area (Å²) in [7, 11) is 0. The Morgan fingerprint density at radius 2 is 2.10 bits per heavy atom. The van der Waals surface area contributed by atoms with Crippen molar-refractivity contribution in [2.45, 2.75) is 32.7 Å². The zero-order valence-electron chi connectivity index (χ0n) is 12.1. The molecule has 2 aromatic rings. The van der Waals surface area contributed by atoms with Gasteiger partial charge in [0.25, 0.3) is 0 Å². The van der Waals surface area contributed by atoms with Crippen molar-refractivity contribution in [1.82, 2.24) is 4.98 Å². The molecule has 1 aromatic heterocycles. The molecule has 20 heavy (non-hydrogen) atoms. The average Bonchev–Trinajstić information content (AvgIpc) is 2.46. The van der Waals surface area contributed by atoms with Crippen molar-refractivity contribution in [2.24, 2.45) is 5.73 Å². The molecule has 0 radical (unpaired) electrons. The fraction of sp³-hybridized carbons (Fsp3) is 0.353. The summed E-state index contributed by atoms with van der Waals surface area (Å²) in [4.78, 5) is 6.95. The zero-order chi connectivity index (χ0) is 14.1. The molecular formula is C17H21N3. The third kappa shape index (κ3) is 2.29. The van der Waals surface area contributed by atoms with Crippen molar-refractivity contribution >= 4 is 11.5 Å². The maximum Gasteiger partial charge on any atom is 0.133 e. The van der Waals surface area contributed by atoms with Crippen LogP contribution in [-0.4, -0.2) is 11.5 Å². The first-order valence-electron chi connectivity index (χ1n) is 7.24. The normalized spacial score (nSPS) is 15.8. The number of rotatable bonds is 2. The molecule has 1 unspecified atom stereocenters. The van der Waals surface area contributed by atoms with Crippen molar-refractivity contribution in [3.63, 3.8) is 0 Å². The molecular weight excluding hydrogens is 246 g/mol. The summed E-state index contributed by atoms with van der Waals surface area (Å²) in [6.45, 7) is 5.14. The van der Waals surface area contributed by atoms with E-state index < -0.39 is 0 Å². The van der Waals surface area contributed by atoms with Gasteiger partial charge in [-0.1, -0.05) is 18.2 Å². The highest BCUT2D eigenvalue weighted by Gasteiger charge is 2.19. The first kappa shape index (κ1) is 13.1. The van der Waals surface area contributed by atoms with E-state index in [1.165, 1.54) is 23.2 Å². The molecule has 0 saturated carbocycles. The van der Waals surface area contributed by atoms with Crippen LogP contribution >= 0.6 is 0 Å². The van der Waals surface area contributed by atoms with Crippen molar-refractivity contribution < 1.29 is 0 Å². The van der Waals surface area contributed by atoms with Crippen molar-refractivity contribution in [2.75, 3.05) is 11.4 Å². The van der Waals surface area contributed by atoms with Gasteiger partial charge in [-0.2, -0.15) is 0 Å². The van der Waals surface area contributed by atoms with E-state index in [4.69, 9.17) is 5.73 Å². The van der Waals surface area contributed by atoms with E-state index in [1.54, 1.807) is 0 Å². The van der Waals surface area contributed by atoms with Gasteiger partial charge in [0.05, 0.1) is 0 Å². The highest BCUT2D eigenvalue weighted by atomic mass is 15.2. The highest BCUT2D eigenvalue weighted by Crippen LogP contribution is 2.33. The molecule has 0 saturated heterocycles. The summed E-state index contributed by atoms with van der Waals surface area (Å²) >= 11 is 0. The summed E-state index contributed by atoms with van der Waals surface area (Å²) in [5, 5.41) is 0. The van der Waals surface area contributed by atoms with Crippen molar-refractivity contribution in [3.05, 3.63) is 53.2 Å². The molecule has 0 fully saturated rings. The van der Waals surface area contributed by atoms with E-state index in [0.29, 0.717) is 0 Å². The van der Waals surface area contributed by atoms with Gasteiger partial charge in [-0.25, -0.2) is 4.98 Å². The lowest BCUT2D eigenvalue weighted by Gasteiger charge is -2.30.